The molecular weight excluding hydrogens is 306 g/mol. The van der Waals surface area contributed by atoms with Crippen LogP contribution in [-0.4, -0.2) is 22.4 Å². The number of hydrogen-bond acceptors (Lipinski definition) is 6. The van der Waals surface area contributed by atoms with E-state index in [9.17, 15) is 14.9 Å². The van der Waals surface area contributed by atoms with Gasteiger partial charge < -0.3 is 10.1 Å². The Morgan fingerprint density at radius 2 is 2.36 bits per heavy atom. The van der Waals surface area contributed by atoms with E-state index < -0.39 is 4.92 Å². The number of carbonyl (C=O) groups excluding carboxylic acids is 1. The van der Waals surface area contributed by atoms with Gasteiger partial charge in [0.25, 0.3) is 11.8 Å². The van der Waals surface area contributed by atoms with Gasteiger partial charge in [0.05, 0.1) is 11.0 Å². The van der Waals surface area contributed by atoms with E-state index in [1.54, 1.807) is 6.92 Å². The van der Waals surface area contributed by atoms with Crippen molar-refractivity contribution in [3.8, 4) is 5.88 Å². The van der Waals surface area contributed by atoms with Crippen LogP contribution < -0.4 is 10.1 Å². The molecule has 22 heavy (non-hydrogen) atoms. The predicted octanol–water partition coefficient (Wildman–Crippen LogP) is 2.62. The lowest BCUT2D eigenvalue weighted by molar-refractivity contribution is -0.386. The van der Waals surface area contributed by atoms with Crippen LogP contribution in [-0.2, 0) is 4.79 Å². The van der Waals surface area contributed by atoms with Crippen LogP contribution in [0.25, 0.3) is 0 Å². The number of aromatic nitrogens is 1. The van der Waals surface area contributed by atoms with E-state index in [2.05, 4.69) is 10.3 Å². The summed E-state index contributed by atoms with van der Waals surface area (Å²) in [6.07, 6.45) is 1.45. The second-order valence-electron chi connectivity index (χ2n) is 4.69. The third-order valence-electron chi connectivity index (χ3n) is 2.85. The molecule has 116 valence electrons. The molecule has 1 amide bonds. The number of thiophene rings is 1. The lowest BCUT2D eigenvalue weighted by atomic mass is 10.3. The van der Waals surface area contributed by atoms with Gasteiger partial charge in [-0.05, 0) is 30.9 Å². The number of pyridine rings is 1. The molecule has 0 bridgehead atoms. The fourth-order valence-corrected chi connectivity index (χ4v) is 2.54. The first-order valence-electron chi connectivity index (χ1n) is 6.54. The summed E-state index contributed by atoms with van der Waals surface area (Å²) in [5.41, 5.74) is 0.397. The largest absolute Gasteiger partial charge is 0.463 e. The summed E-state index contributed by atoms with van der Waals surface area (Å²) >= 11 is 1.54. The van der Waals surface area contributed by atoms with Gasteiger partial charge in [0.2, 0.25) is 0 Å². The summed E-state index contributed by atoms with van der Waals surface area (Å²) in [6, 6.07) is 5.04. The van der Waals surface area contributed by atoms with Gasteiger partial charge in [0.15, 0.2) is 6.61 Å². The van der Waals surface area contributed by atoms with E-state index in [0.717, 1.165) is 4.88 Å². The maximum Gasteiger partial charge on any atom is 0.331 e. The maximum atomic E-state index is 11.8. The normalized spacial score (nSPS) is 11.7. The Bertz CT molecular complexity index is 673. The van der Waals surface area contributed by atoms with Gasteiger partial charge in [-0.1, -0.05) is 6.07 Å². The fourth-order valence-electron chi connectivity index (χ4n) is 1.81. The van der Waals surface area contributed by atoms with Gasteiger partial charge in [-0.15, -0.1) is 11.3 Å². The summed E-state index contributed by atoms with van der Waals surface area (Å²) in [5.74, 6) is -0.521. The van der Waals surface area contributed by atoms with Crippen LogP contribution in [0.2, 0.25) is 0 Å². The highest BCUT2D eigenvalue weighted by Crippen LogP contribution is 2.24. The predicted molar refractivity (Wildman–Crippen MR) is 82.0 cm³/mol. The molecule has 7 nitrogen and oxygen atoms in total. The number of hydrogen-bond donors (Lipinski definition) is 1. The number of rotatable bonds is 6. The minimum absolute atomic E-state index is 0.142. The topological polar surface area (TPSA) is 94.4 Å². The molecule has 0 aliphatic rings. The Hall–Kier alpha value is -2.48. The molecule has 0 saturated carbocycles. The zero-order chi connectivity index (χ0) is 16.1. The summed E-state index contributed by atoms with van der Waals surface area (Å²) in [6.45, 7) is 3.22. The molecular formula is C14H15N3O4S. The molecule has 0 saturated heterocycles. The van der Waals surface area contributed by atoms with Gasteiger partial charge in [-0.25, -0.2) is 4.98 Å². The molecule has 1 atom stereocenters. The van der Waals surface area contributed by atoms with Crippen LogP contribution in [0.4, 0.5) is 5.69 Å². The summed E-state index contributed by atoms with van der Waals surface area (Å²) < 4.78 is 5.17. The van der Waals surface area contributed by atoms with Gasteiger partial charge >= 0.3 is 5.69 Å². The average Bonchev–Trinajstić information content (AvgIpc) is 3.00. The molecule has 0 aliphatic carbocycles. The van der Waals surface area contributed by atoms with E-state index in [0.29, 0.717) is 5.56 Å². The summed E-state index contributed by atoms with van der Waals surface area (Å²) in [4.78, 5) is 27.1. The molecule has 0 fully saturated rings. The number of aryl methyl sites for hydroxylation is 1. The highest BCUT2D eigenvalue weighted by molar-refractivity contribution is 7.10. The van der Waals surface area contributed by atoms with Crippen molar-refractivity contribution in [2.45, 2.75) is 19.9 Å². The Morgan fingerprint density at radius 3 is 3.00 bits per heavy atom. The zero-order valence-electron chi connectivity index (χ0n) is 12.1. The van der Waals surface area contributed by atoms with Gasteiger partial charge in [-0.3, -0.25) is 14.9 Å². The van der Waals surface area contributed by atoms with Crippen LogP contribution in [0, 0.1) is 17.0 Å². The van der Waals surface area contributed by atoms with Crippen molar-refractivity contribution in [1.29, 1.82) is 0 Å². The monoisotopic (exact) mass is 321 g/mol. The van der Waals surface area contributed by atoms with E-state index in [1.807, 2.05) is 24.4 Å². The van der Waals surface area contributed by atoms with E-state index in [4.69, 9.17) is 4.74 Å². The second-order valence-corrected chi connectivity index (χ2v) is 5.67. The van der Waals surface area contributed by atoms with Crippen LogP contribution in [0.15, 0.2) is 29.8 Å². The summed E-state index contributed by atoms with van der Waals surface area (Å²) in [7, 11) is 0. The third-order valence-corrected chi connectivity index (χ3v) is 3.91. The molecule has 2 aromatic rings. The van der Waals surface area contributed by atoms with Crippen molar-refractivity contribution in [2.24, 2.45) is 0 Å². The summed E-state index contributed by atoms with van der Waals surface area (Å²) in [5, 5.41) is 15.6. The van der Waals surface area contributed by atoms with Crippen LogP contribution >= 0.6 is 11.3 Å². The number of amides is 1. The first-order chi connectivity index (χ1) is 10.5. The van der Waals surface area contributed by atoms with Crippen LogP contribution in [0.5, 0.6) is 5.88 Å². The number of ether oxygens (including phenoxy) is 1. The van der Waals surface area contributed by atoms with Crippen molar-refractivity contribution in [2.75, 3.05) is 6.61 Å². The third kappa shape index (κ3) is 4.01. The minimum atomic E-state index is -0.582. The lowest BCUT2D eigenvalue weighted by Crippen LogP contribution is -2.31. The quantitative estimate of drug-likeness (QED) is 0.652. The van der Waals surface area contributed by atoms with Crippen molar-refractivity contribution in [3.63, 3.8) is 0 Å². The van der Waals surface area contributed by atoms with E-state index >= 15 is 0 Å². The second kappa shape index (κ2) is 6.99. The van der Waals surface area contributed by atoms with Crippen LogP contribution in [0.3, 0.4) is 0 Å². The van der Waals surface area contributed by atoms with Gasteiger partial charge in [0.1, 0.15) is 0 Å². The number of nitro groups is 1. The first kappa shape index (κ1) is 15.9. The highest BCUT2D eigenvalue weighted by Gasteiger charge is 2.18. The Balaban J connectivity index is 1.95. The van der Waals surface area contributed by atoms with Gasteiger partial charge in [0, 0.05) is 17.1 Å². The van der Waals surface area contributed by atoms with Crippen molar-refractivity contribution >= 4 is 22.9 Å². The lowest BCUT2D eigenvalue weighted by Gasteiger charge is -2.12. The molecule has 0 spiro atoms. The molecule has 0 aliphatic heterocycles. The minimum Gasteiger partial charge on any atom is -0.463 e. The van der Waals surface area contributed by atoms with Crippen molar-refractivity contribution in [1.82, 2.24) is 10.3 Å². The average molecular weight is 321 g/mol. The standard InChI is InChI=1S/C14H15N3O4S/c1-9-6-11(17(19)20)14(15-7-9)21-8-13(18)16-10(2)12-4-3-5-22-12/h3-7,10H,8H2,1-2H3,(H,16,18)/t10-/m1/s1. The molecule has 2 aromatic heterocycles. The van der Waals surface area contributed by atoms with Crippen LogP contribution in [0.1, 0.15) is 23.4 Å². The number of nitrogens with one attached hydrogen (secondary N) is 1. The van der Waals surface area contributed by atoms with E-state index in [1.165, 1.54) is 23.6 Å². The van der Waals surface area contributed by atoms with Crippen molar-refractivity contribution in [3.05, 3.63) is 50.3 Å². The SMILES string of the molecule is Cc1cnc(OCC(=O)N[C@H](C)c2cccs2)c([N+](=O)[O-])c1. The molecule has 8 heteroatoms. The molecule has 1 N–H and O–H groups in total. The van der Waals surface area contributed by atoms with E-state index in [-0.39, 0.29) is 30.1 Å². The zero-order valence-corrected chi connectivity index (χ0v) is 12.9. The maximum absolute atomic E-state index is 11.8. The molecule has 0 radical (unpaired) electrons. The van der Waals surface area contributed by atoms with Crippen molar-refractivity contribution < 1.29 is 14.5 Å². The van der Waals surface area contributed by atoms with Gasteiger partial charge in [-0.2, -0.15) is 0 Å². The Kier molecular flexibility index (Phi) is 5.05. The first-order valence-corrected chi connectivity index (χ1v) is 7.42. The fraction of sp³-hybridized carbons (Fsp3) is 0.286. The molecule has 2 heterocycles. The molecule has 2 rings (SSSR count). The number of carbonyl (C=O) groups is 1. The Labute approximate surface area is 131 Å². The number of nitrogens with zero attached hydrogens (tertiary/aromatic N) is 2. The molecule has 0 unspecified atom stereocenters. The highest BCUT2D eigenvalue weighted by atomic mass is 32.1. The smallest absolute Gasteiger partial charge is 0.331 e. The molecule has 0 aromatic carbocycles. The Morgan fingerprint density at radius 1 is 1.59 bits per heavy atom.